The van der Waals surface area contributed by atoms with Gasteiger partial charge in [-0.05, 0) is 62.2 Å². The van der Waals surface area contributed by atoms with Crippen molar-refractivity contribution in [1.82, 2.24) is 10.2 Å². The quantitative estimate of drug-likeness (QED) is 0.399. The van der Waals surface area contributed by atoms with Crippen LogP contribution in [0.15, 0.2) is 71.6 Å². The molecule has 0 saturated heterocycles. The van der Waals surface area contributed by atoms with Crippen LogP contribution in [0.3, 0.4) is 0 Å². The van der Waals surface area contributed by atoms with Gasteiger partial charge in [0.25, 0.3) is 10.0 Å². The lowest BCUT2D eigenvalue weighted by atomic mass is 10.1. The first-order chi connectivity index (χ1) is 17.5. The standard InChI is InChI=1S/C27H29Cl2N3O4S/c1-18-12-14-22(15-13-18)37(35,36)32(25-11-7-10-23(28)19(25)2)17-26(33)31(20(3)27(34)30-4)16-21-8-5-6-9-24(21)29/h5-15,20H,16-17H2,1-4H3,(H,30,34). The van der Waals surface area contributed by atoms with Crippen LogP contribution in [0, 0.1) is 13.8 Å². The molecular weight excluding hydrogens is 533 g/mol. The van der Waals surface area contributed by atoms with Crippen molar-refractivity contribution in [2.24, 2.45) is 0 Å². The van der Waals surface area contributed by atoms with Gasteiger partial charge in [0, 0.05) is 23.6 Å². The van der Waals surface area contributed by atoms with Gasteiger partial charge < -0.3 is 10.2 Å². The number of hydrogen-bond acceptors (Lipinski definition) is 4. The van der Waals surface area contributed by atoms with Gasteiger partial charge in [0.05, 0.1) is 10.6 Å². The minimum absolute atomic E-state index is 0.0139. The zero-order chi connectivity index (χ0) is 27.3. The molecule has 0 spiro atoms. The molecular formula is C27H29Cl2N3O4S. The lowest BCUT2D eigenvalue weighted by molar-refractivity contribution is -0.139. The van der Waals surface area contributed by atoms with Gasteiger partial charge in [0.2, 0.25) is 11.8 Å². The summed E-state index contributed by atoms with van der Waals surface area (Å²) in [6.45, 7) is 4.58. The Morgan fingerprint density at radius 2 is 1.54 bits per heavy atom. The first kappa shape index (κ1) is 28.5. The monoisotopic (exact) mass is 561 g/mol. The fourth-order valence-electron chi connectivity index (χ4n) is 3.82. The van der Waals surface area contributed by atoms with E-state index in [1.54, 1.807) is 68.4 Å². The predicted octanol–water partition coefficient (Wildman–Crippen LogP) is 4.97. The summed E-state index contributed by atoms with van der Waals surface area (Å²) in [7, 11) is -2.70. The average molecular weight is 563 g/mol. The van der Waals surface area contributed by atoms with E-state index < -0.39 is 34.4 Å². The van der Waals surface area contributed by atoms with E-state index >= 15 is 0 Å². The maximum Gasteiger partial charge on any atom is 0.264 e. The zero-order valence-corrected chi connectivity index (χ0v) is 23.4. The number of aryl methyl sites for hydroxylation is 1. The highest BCUT2D eigenvalue weighted by molar-refractivity contribution is 7.92. The molecule has 3 rings (SSSR count). The Morgan fingerprint density at radius 1 is 0.919 bits per heavy atom. The van der Waals surface area contributed by atoms with E-state index in [9.17, 15) is 18.0 Å². The zero-order valence-electron chi connectivity index (χ0n) is 21.0. The second kappa shape index (κ2) is 12.0. The first-order valence-corrected chi connectivity index (χ1v) is 13.8. The molecule has 0 saturated carbocycles. The molecule has 0 aromatic heterocycles. The molecule has 0 aliphatic carbocycles. The van der Waals surface area contributed by atoms with E-state index in [-0.39, 0.29) is 17.1 Å². The first-order valence-electron chi connectivity index (χ1n) is 11.6. The van der Waals surface area contributed by atoms with Crippen molar-refractivity contribution in [3.63, 3.8) is 0 Å². The summed E-state index contributed by atoms with van der Waals surface area (Å²) in [5, 5.41) is 3.34. The van der Waals surface area contributed by atoms with E-state index in [1.807, 2.05) is 6.92 Å². The largest absolute Gasteiger partial charge is 0.357 e. The number of carbonyl (C=O) groups excluding carboxylic acids is 2. The summed E-state index contributed by atoms with van der Waals surface area (Å²) in [6, 6.07) is 17.3. The van der Waals surface area contributed by atoms with Crippen LogP contribution in [0.5, 0.6) is 0 Å². The molecule has 1 unspecified atom stereocenters. The van der Waals surface area contributed by atoms with E-state index in [2.05, 4.69) is 5.32 Å². The highest BCUT2D eigenvalue weighted by Gasteiger charge is 2.33. The molecule has 0 aliphatic heterocycles. The number of likely N-dealkylation sites (N-methyl/N-ethyl adjacent to an activating group) is 1. The molecule has 2 amide bonds. The normalized spacial score (nSPS) is 12.1. The predicted molar refractivity (Wildman–Crippen MR) is 147 cm³/mol. The van der Waals surface area contributed by atoms with Crippen molar-refractivity contribution >= 4 is 50.7 Å². The van der Waals surface area contributed by atoms with Gasteiger partial charge in [-0.15, -0.1) is 0 Å². The van der Waals surface area contributed by atoms with Crippen LogP contribution in [-0.4, -0.2) is 44.8 Å². The van der Waals surface area contributed by atoms with Gasteiger partial charge in [-0.1, -0.05) is 65.2 Å². The maximum atomic E-state index is 13.8. The Kier molecular flexibility index (Phi) is 9.23. The van der Waals surface area contributed by atoms with Crippen LogP contribution in [0.25, 0.3) is 0 Å². The molecule has 1 atom stereocenters. The second-order valence-electron chi connectivity index (χ2n) is 8.61. The maximum absolute atomic E-state index is 13.8. The number of benzene rings is 3. The number of rotatable bonds is 9. The Morgan fingerprint density at radius 3 is 2.16 bits per heavy atom. The third-order valence-electron chi connectivity index (χ3n) is 6.11. The fraction of sp³-hybridized carbons (Fsp3) is 0.259. The third-order valence-corrected chi connectivity index (χ3v) is 8.66. The fourth-order valence-corrected chi connectivity index (χ4v) is 5.66. The van der Waals surface area contributed by atoms with Crippen LogP contribution in [0.1, 0.15) is 23.6 Å². The third kappa shape index (κ3) is 6.44. The van der Waals surface area contributed by atoms with Crippen molar-refractivity contribution in [3.05, 3.63) is 93.5 Å². The molecule has 3 aromatic rings. The minimum Gasteiger partial charge on any atom is -0.357 e. The summed E-state index contributed by atoms with van der Waals surface area (Å²) in [5.74, 6) is -0.974. The lowest BCUT2D eigenvalue weighted by Crippen LogP contribution is -2.50. The molecule has 37 heavy (non-hydrogen) atoms. The number of amides is 2. The van der Waals surface area contributed by atoms with E-state index in [4.69, 9.17) is 23.2 Å². The molecule has 0 fully saturated rings. The molecule has 7 nitrogen and oxygen atoms in total. The highest BCUT2D eigenvalue weighted by atomic mass is 35.5. The van der Waals surface area contributed by atoms with Crippen LogP contribution < -0.4 is 9.62 Å². The van der Waals surface area contributed by atoms with Gasteiger partial charge in [-0.25, -0.2) is 8.42 Å². The van der Waals surface area contributed by atoms with E-state index in [1.165, 1.54) is 24.1 Å². The van der Waals surface area contributed by atoms with Crippen molar-refractivity contribution in [2.75, 3.05) is 17.9 Å². The van der Waals surface area contributed by atoms with Crippen molar-refractivity contribution in [1.29, 1.82) is 0 Å². The average Bonchev–Trinajstić information content (AvgIpc) is 2.87. The molecule has 196 valence electrons. The number of nitrogens with one attached hydrogen (secondary N) is 1. The summed E-state index contributed by atoms with van der Waals surface area (Å²) in [5.41, 5.74) is 2.29. The molecule has 0 bridgehead atoms. The number of nitrogens with zero attached hydrogens (tertiary/aromatic N) is 2. The Hall–Kier alpha value is -3.07. The summed E-state index contributed by atoms with van der Waals surface area (Å²) >= 11 is 12.7. The second-order valence-corrected chi connectivity index (χ2v) is 11.3. The topological polar surface area (TPSA) is 86.8 Å². The minimum atomic E-state index is -4.17. The lowest BCUT2D eigenvalue weighted by Gasteiger charge is -2.32. The molecule has 0 heterocycles. The Labute approximate surface area is 228 Å². The molecule has 0 radical (unpaired) electrons. The molecule has 1 N–H and O–H groups in total. The van der Waals surface area contributed by atoms with Crippen molar-refractivity contribution in [2.45, 2.75) is 38.3 Å². The molecule has 0 aliphatic rings. The van der Waals surface area contributed by atoms with Crippen molar-refractivity contribution < 1.29 is 18.0 Å². The highest BCUT2D eigenvalue weighted by Crippen LogP contribution is 2.31. The van der Waals surface area contributed by atoms with Gasteiger partial charge in [0.1, 0.15) is 12.6 Å². The van der Waals surface area contributed by atoms with Crippen molar-refractivity contribution in [3.8, 4) is 0 Å². The number of halogens is 2. The van der Waals surface area contributed by atoms with Crippen LogP contribution >= 0.6 is 23.2 Å². The summed E-state index contributed by atoms with van der Waals surface area (Å²) in [4.78, 5) is 27.7. The van der Waals surface area contributed by atoms with Gasteiger partial charge in [-0.2, -0.15) is 0 Å². The number of carbonyl (C=O) groups is 2. The van der Waals surface area contributed by atoms with Gasteiger partial charge in [0.15, 0.2) is 0 Å². The Bertz CT molecular complexity index is 1400. The number of anilines is 1. The SMILES string of the molecule is CNC(=O)C(C)N(Cc1ccccc1Cl)C(=O)CN(c1cccc(Cl)c1C)S(=O)(=O)c1ccc(C)cc1. The van der Waals surface area contributed by atoms with Crippen LogP contribution in [0.4, 0.5) is 5.69 Å². The summed E-state index contributed by atoms with van der Waals surface area (Å²) < 4.78 is 28.7. The molecule has 10 heteroatoms. The number of sulfonamides is 1. The van der Waals surface area contributed by atoms with E-state index in [0.717, 1.165) is 9.87 Å². The van der Waals surface area contributed by atoms with Gasteiger partial charge >= 0.3 is 0 Å². The summed E-state index contributed by atoms with van der Waals surface area (Å²) in [6.07, 6.45) is 0. The van der Waals surface area contributed by atoms with Crippen LogP contribution in [0.2, 0.25) is 10.0 Å². The van der Waals surface area contributed by atoms with Gasteiger partial charge in [-0.3, -0.25) is 13.9 Å². The smallest absolute Gasteiger partial charge is 0.264 e. The van der Waals surface area contributed by atoms with Crippen LogP contribution in [-0.2, 0) is 26.2 Å². The Balaban J connectivity index is 2.09. The van der Waals surface area contributed by atoms with E-state index in [0.29, 0.717) is 21.2 Å². The number of hydrogen-bond donors (Lipinski definition) is 1. The molecule has 3 aromatic carbocycles.